The molecule has 0 radical (unpaired) electrons. The Morgan fingerprint density at radius 1 is 1.15 bits per heavy atom. The molecular weight excluding hydrogens is 469 g/mol. The van der Waals surface area contributed by atoms with Gasteiger partial charge in [-0.2, -0.15) is 13.2 Å². The van der Waals surface area contributed by atoms with Crippen molar-refractivity contribution in [1.29, 1.82) is 0 Å². The summed E-state index contributed by atoms with van der Waals surface area (Å²) < 4.78 is 39.2. The molecule has 1 unspecified atom stereocenters. The normalized spacial score (nSPS) is 15.8. The average molecular weight is 493 g/mol. The highest BCUT2D eigenvalue weighted by Crippen LogP contribution is 2.36. The lowest BCUT2D eigenvalue weighted by atomic mass is 9.91. The van der Waals surface area contributed by atoms with Crippen molar-refractivity contribution in [2.24, 2.45) is 0 Å². The van der Waals surface area contributed by atoms with Gasteiger partial charge in [0.25, 0.3) is 5.91 Å². The van der Waals surface area contributed by atoms with Crippen molar-refractivity contribution in [2.75, 3.05) is 5.32 Å². The monoisotopic (exact) mass is 492 g/mol. The second kappa shape index (κ2) is 9.21. The minimum absolute atomic E-state index is 0.00465. The summed E-state index contributed by atoms with van der Waals surface area (Å²) in [5, 5.41) is 8.73. The molecule has 0 saturated heterocycles. The molecule has 2 aromatic carbocycles. The molecule has 3 amide bonds. The number of anilines is 1. The Balaban J connectivity index is 1.45. The molecular formula is C24H24ClF3N4O2. The van der Waals surface area contributed by atoms with Gasteiger partial charge in [-0.05, 0) is 69.0 Å². The number of urea groups is 1. The van der Waals surface area contributed by atoms with Gasteiger partial charge in [0, 0.05) is 39.9 Å². The summed E-state index contributed by atoms with van der Waals surface area (Å²) in [6.07, 6.45) is -2.69. The third-order valence-corrected chi connectivity index (χ3v) is 6.06. The minimum atomic E-state index is -4.62. The van der Waals surface area contributed by atoms with Crippen LogP contribution >= 0.6 is 11.6 Å². The largest absolute Gasteiger partial charge is 0.417 e. The van der Waals surface area contributed by atoms with E-state index in [-0.39, 0.29) is 23.7 Å². The summed E-state index contributed by atoms with van der Waals surface area (Å²) in [7, 11) is 0. The Labute approximate surface area is 199 Å². The van der Waals surface area contributed by atoms with Gasteiger partial charge in [0.2, 0.25) is 0 Å². The van der Waals surface area contributed by atoms with Crippen LogP contribution in [0.1, 0.15) is 47.4 Å². The first kappa shape index (κ1) is 23.9. The zero-order chi connectivity index (χ0) is 24.6. The lowest BCUT2D eigenvalue weighted by Gasteiger charge is -2.24. The number of hydrogen-bond acceptors (Lipinski definition) is 2. The summed E-state index contributed by atoms with van der Waals surface area (Å²) in [5.41, 5.74) is 2.54. The maximum absolute atomic E-state index is 13.1. The molecule has 0 spiro atoms. The Morgan fingerprint density at radius 2 is 1.91 bits per heavy atom. The van der Waals surface area contributed by atoms with Crippen LogP contribution in [0.15, 0.2) is 36.4 Å². The summed E-state index contributed by atoms with van der Waals surface area (Å²) in [6, 6.07) is 7.99. The van der Waals surface area contributed by atoms with Gasteiger partial charge in [0.15, 0.2) is 0 Å². The molecule has 0 bridgehead atoms. The molecule has 1 atom stereocenters. The maximum atomic E-state index is 13.1. The van der Waals surface area contributed by atoms with E-state index in [1.807, 2.05) is 26.0 Å². The number of H-pyrrole nitrogens is 1. The molecule has 4 rings (SSSR count). The van der Waals surface area contributed by atoms with Gasteiger partial charge in [-0.1, -0.05) is 17.7 Å². The number of halogens is 4. The molecule has 180 valence electrons. The molecule has 6 nitrogen and oxygen atoms in total. The van der Waals surface area contributed by atoms with Crippen LogP contribution in [0.5, 0.6) is 0 Å². The van der Waals surface area contributed by atoms with Crippen molar-refractivity contribution in [2.45, 2.75) is 51.4 Å². The number of hydrogen-bond donors (Lipinski definition) is 4. The number of rotatable bonds is 4. The number of nitrogens with one attached hydrogen (secondary N) is 4. The van der Waals surface area contributed by atoms with E-state index in [0.29, 0.717) is 24.8 Å². The zero-order valence-electron chi connectivity index (χ0n) is 18.6. The van der Waals surface area contributed by atoms with E-state index in [1.165, 1.54) is 6.07 Å². The molecule has 1 aromatic heterocycles. The maximum Gasteiger partial charge on any atom is 0.417 e. The van der Waals surface area contributed by atoms with E-state index in [4.69, 9.17) is 11.6 Å². The highest BCUT2D eigenvalue weighted by atomic mass is 35.5. The van der Waals surface area contributed by atoms with Crippen molar-refractivity contribution in [3.63, 3.8) is 0 Å². The van der Waals surface area contributed by atoms with E-state index in [0.717, 1.165) is 34.3 Å². The Hall–Kier alpha value is -3.20. The molecule has 1 aliphatic rings. The van der Waals surface area contributed by atoms with Crippen LogP contribution in [-0.2, 0) is 19.0 Å². The number of aromatic amines is 1. The molecule has 10 heteroatoms. The highest BCUT2D eigenvalue weighted by Gasteiger charge is 2.33. The number of amides is 3. The molecule has 0 saturated carbocycles. The third kappa shape index (κ3) is 5.14. The Morgan fingerprint density at radius 3 is 2.62 bits per heavy atom. The SMILES string of the molecule is CC(C)NC(=O)c1ccc2c3c([nH]c2c1)CCC(NC(=O)Nc1ccc(Cl)c(C(F)(F)F)c1)C3. The van der Waals surface area contributed by atoms with Crippen LogP contribution in [0.25, 0.3) is 10.9 Å². The summed E-state index contributed by atoms with van der Waals surface area (Å²) in [5.74, 6) is -0.142. The van der Waals surface area contributed by atoms with Crippen molar-refractivity contribution in [3.05, 3.63) is 63.8 Å². The van der Waals surface area contributed by atoms with Gasteiger partial charge in [0.05, 0.1) is 10.6 Å². The number of alkyl halides is 3. The molecule has 0 fully saturated rings. The predicted molar refractivity (Wildman–Crippen MR) is 125 cm³/mol. The summed E-state index contributed by atoms with van der Waals surface area (Å²) in [4.78, 5) is 28.1. The third-order valence-electron chi connectivity index (χ3n) is 5.73. The quantitative estimate of drug-likeness (QED) is 0.379. The van der Waals surface area contributed by atoms with E-state index < -0.39 is 22.8 Å². The topological polar surface area (TPSA) is 86.0 Å². The number of carbonyl (C=O) groups is 2. The lowest BCUT2D eigenvalue weighted by molar-refractivity contribution is -0.137. The fraction of sp³-hybridized carbons (Fsp3) is 0.333. The minimum Gasteiger partial charge on any atom is -0.358 e. The first-order valence-electron chi connectivity index (χ1n) is 10.9. The number of carbonyl (C=O) groups excluding carboxylic acids is 2. The second-order valence-corrected chi connectivity index (χ2v) is 9.11. The van der Waals surface area contributed by atoms with Crippen LogP contribution in [0, 0.1) is 0 Å². The molecule has 34 heavy (non-hydrogen) atoms. The van der Waals surface area contributed by atoms with E-state index in [2.05, 4.69) is 20.9 Å². The van der Waals surface area contributed by atoms with Crippen LogP contribution < -0.4 is 16.0 Å². The van der Waals surface area contributed by atoms with Gasteiger partial charge < -0.3 is 20.9 Å². The van der Waals surface area contributed by atoms with Crippen molar-refractivity contribution in [3.8, 4) is 0 Å². The van der Waals surface area contributed by atoms with Crippen LogP contribution in [-0.4, -0.2) is 29.0 Å². The Bertz CT molecular complexity index is 1250. The molecule has 4 N–H and O–H groups in total. The fourth-order valence-corrected chi connectivity index (χ4v) is 4.43. The van der Waals surface area contributed by atoms with Gasteiger partial charge in [-0.25, -0.2) is 4.79 Å². The van der Waals surface area contributed by atoms with E-state index in [9.17, 15) is 22.8 Å². The molecule has 1 heterocycles. The Kier molecular flexibility index (Phi) is 6.49. The van der Waals surface area contributed by atoms with Gasteiger partial charge in [0.1, 0.15) is 0 Å². The lowest BCUT2D eigenvalue weighted by Crippen LogP contribution is -2.41. The van der Waals surface area contributed by atoms with Crippen LogP contribution in [0.4, 0.5) is 23.7 Å². The van der Waals surface area contributed by atoms with E-state index in [1.54, 1.807) is 6.07 Å². The highest BCUT2D eigenvalue weighted by molar-refractivity contribution is 6.31. The number of aromatic nitrogens is 1. The smallest absolute Gasteiger partial charge is 0.358 e. The average Bonchev–Trinajstić information content (AvgIpc) is 3.11. The number of aryl methyl sites for hydroxylation is 1. The zero-order valence-corrected chi connectivity index (χ0v) is 19.3. The van der Waals surface area contributed by atoms with Gasteiger partial charge in [-0.3, -0.25) is 4.79 Å². The standard InChI is InChI=1S/C24H24ClF3N4O2/c1-12(2)29-22(33)13-3-6-16-17-10-14(5-8-20(17)32-21(16)9-13)30-23(34)31-15-4-7-19(25)18(11-15)24(26,27)28/h3-4,6-7,9,11-12,14,32H,5,8,10H2,1-2H3,(H,29,33)(H2,30,31,34). The first-order valence-corrected chi connectivity index (χ1v) is 11.3. The molecule has 1 aliphatic carbocycles. The summed E-state index contributed by atoms with van der Waals surface area (Å²) in [6.45, 7) is 3.80. The summed E-state index contributed by atoms with van der Waals surface area (Å²) >= 11 is 5.63. The van der Waals surface area contributed by atoms with E-state index >= 15 is 0 Å². The van der Waals surface area contributed by atoms with Gasteiger partial charge in [-0.15, -0.1) is 0 Å². The fourth-order valence-electron chi connectivity index (χ4n) is 4.21. The van der Waals surface area contributed by atoms with Crippen LogP contribution in [0.3, 0.4) is 0 Å². The number of fused-ring (bicyclic) bond motifs is 3. The van der Waals surface area contributed by atoms with Crippen LogP contribution in [0.2, 0.25) is 5.02 Å². The predicted octanol–water partition coefficient (Wildman–Crippen LogP) is 5.66. The first-order chi connectivity index (χ1) is 16.0. The second-order valence-electron chi connectivity index (χ2n) is 8.70. The van der Waals surface area contributed by atoms with Crippen molar-refractivity contribution < 1.29 is 22.8 Å². The van der Waals surface area contributed by atoms with Crippen molar-refractivity contribution >= 4 is 40.1 Å². The van der Waals surface area contributed by atoms with Crippen molar-refractivity contribution in [1.82, 2.24) is 15.6 Å². The molecule has 3 aromatic rings. The number of benzene rings is 2. The molecule has 0 aliphatic heterocycles. The van der Waals surface area contributed by atoms with Gasteiger partial charge >= 0.3 is 12.2 Å².